The van der Waals surface area contributed by atoms with E-state index in [-0.39, 0.29) is 37.1 Å². The van der Waals surface area contributed by atoms with Crippen molar-refractivity contribution in [1.29, 1.82) is 0 Å². The summed E-state index contributed by atoms with van der Waals surface area (Å²) in [4.78, 5) is 45.3. The van der Waals surface area contributed by atoms with Gasteiger partial charge in [0.25, 0.3) is 0 Å². The normalized spacial score (nSPS) is 14.6. The average Bonchev–Trinajstić information content (AvgIpc) is 3.13. The summed E-state index contributed by atoms with van der Waals surface area (Å²) in [5.41, 5.74) is 3.13. The molecule has 3 amide bonds. The van der Waals surface area contributed by atoms with E-state index in [4.69, 9.17) is 0 Å². The molecule has 1 aromatic heterocycles. The highest BCUT2D eigenvalue weighted by atomic mass is 32.1. The quantitative estimate of drug-likeness (QED) is 0.732. The number of thiazole rings is 1. The second-order valence-corrected chi connectivity index (χ2v) is 8.28. The molecule has 0 aliphatic carbocycles. The number of likely N-dealkylation sites (tertiary alicyclic amines) is 1. The summed E-state index contributed by atoms with van der Waals surface area (Å²) in [5, 5.41) is 0.615. The van der Waals surface area contributed by atoms with Gasteiger partial charge in [0.05, 0.1) is 37.4 Å². The zero-order valence-electron chi connectivity index (χ0n) is 16.2. The van der Waals surface area contributed by atoms with Crippen molar-refractivity contribution in [2.24, 2.45) is 0 Å². The fraction of sp³-hybridized carbons (Fsp3) is 0.474. The molecule has 7 nitrogen and oxygen atoms in total. The largest absolute Gasteiger partial charge is 0.338 e. The van der Waals surface area contributed by atoms with Crippen molar-refractivity contribution in [3.8, 4) is 0 Å². The molecule has 0 radical (unpaired) electrons. The summed E-state index contributed by atoms with van der Waals surface area (Å²) >= 11 is 1.48. The smallest absolute Gasteiger partial charge is 0.249 e. The molecule has 27 heavy (non-hydrogen) atoms. The number of imide groups is 1. The molecule has 1 aromatic carbocycles. The van der Waals surface area contributed by atoms with Gasteiger partial charge in [0, 0.05) is 12.8 Å². The Kier molecular flexibility index (Phi) is 5.57. The second kappa shape index (κ2) is 7.74. The number of carbonyl (C=O) groups excluding carboxylic acids is 3. The minimum atomic E-state index is -0.276. The predicted molar refractivity (Wildman–Crippen MR) is 105 cm³/mol. The van der Waals surface area contributed by atoms with E-state index in [0.29, 0.717) is 11.7 Å². The van der Waals surface area contributed by atoms with Crippen LogP contribution in [0.2, 0.25) is 0 Å². The summed E-state index contributed by atoms with van der Waals surface area (Å²) in [6, 6.07) is 4.11. The van der Waals surface area contributed by atoms with E-state index in [9.17, 15) is 14.4 Å². The van der Waals surface area contributed by atoms with Crippen LogP contribution in [0, 0.1) is 13.8 Å². The number of nitrogens with zero attached hydrogens (tertiary/aromatic N) is 3. The van der Waals surface area contributed by atoms with E-state index >= 15 is 0 Å². The number of hydrogen-bond donors (Lipinski definition) is 1. The summed E-state index contributed by atoms with van der Waals surface area (Å²) in [6.07, 6.45) is 0.376. The summed E-state index contributed by atoms with van der Waals surface area (Å²) < 4.78 is 1.05. The fourth-order valence-corrected chi connectivity index (χ4v) is 4.22. The van der Waals surface area contributed by atoms with Crippen LogP contribution in [0.3, 0.4) is 0 Å². The summed E-state index contributed by atoms with van der Waals surface area (Å²) in [5.74, 6) is -0.821. The van der Waals surface area contributed by atoms with Crippen molar-refractivity contribution in [3.63, 3.8) is 0 Å². The Balaban J connectivity index is 1.91. The minimum Gasteiger partial charge on any atom is -0.338 e. The molecule has 1 saturated heterocycles. The van der Waals surface area contributed by atoms with Crippen LogP contribution in [0.1, 0.15) is 24.0 Å². The lowest BCUT2D eigenvalue weighted by Crippen LogP contribution is -3.06. The Hall–Kier alpha value is -2.32. The number of aromatic nitrogens is 1. The van der Waals surface area contributed by atoms with Crippen molar-refractivity contribution in [1.82, 2.24) is 9.88 Å². The zero-order valence-corrected chi connectivity index (χ0v) is 17.0. The predicted octanol–water partition coefficient (Wildman–Crippen LogP) is 0.540. The molecule has 1 aliphatic heterocycles. The van der Waals surface area contributed by atoms with Gasteiger partial charge in [0.1, 0.15) is 6.54 Å². The first-order chi connectivity index (χ1) is 12.8. The van der Waals surface area contributed by atoms with Crippen molar-refractivity contribution in [3.05, 3.63) is 23.3 Å². The van der Waals surface area contributed by atoms with Gasteiger partial charge in [-0.2, -0.15) is 0 Å². The number of amides is 3. The number of quaternary nitrogens is 1. The fourth-order valence-electron chi connectivity index (χ4n) is 3.16. The molecule has 144 valence electrons. The molecule has 1 fully saturated rings. The topological polar surface area (TPSA) is 75.0 Å². The molecule has 0 unspecified atom stereocenters. The highest BCUT2D eigenvalue weighted by Gasteiger charge is 2.33. The van der Waals surface area contributed by atoms with Crippen molar-refractivity contribution in [2.75, 3.05) is 38.6 Å². The molecule has 2 heterocycles. The minimum absolute atomic E-state index is 0.188. The molecule has 1 N–H and O–H groups in total. The maximum atomic E-state index is 13.0. The number of carbonyl (C=O) groups is 3. The Morgan fingerprint density at radius 2 is 1.89 bits per heavy atom. The van der Waals surface area contributed by atoms with Crippen LogP contribution >= 0.6 is 11.3 Å². The lowest BCUT2D eigenvalue weighted by molar-refractivity contribution is -0.856. The summed E-state index contributed by atoms with van der Waals surface area (Å²) in [7, 11) is 4.03. The van der Waals surface area contributed by atoms with Gasteiger partial charge >= 0.3 is 0 Å². The van der Waals surface area contributed by atoms with E-state index in [1.165, 1.54) is 16.2 Å². The maximum Gasteiger partial charge on any atom is 0.249 e. The Morgan fingerprint density at radius 3 is 2.52 bits per heavy atom. The molecule has 0 atom stereocenters. The third kappa shape index (κ3) is 4.17. The summed E-state index contributed by atoms with van der Waals surface area (Å²) in [6.45, 7) is 5.06. The SMILES string of the molecule is Cc1cc(C)c2sc(N(CC[NH+](C)C)C(=O)CN3C(=O)CCC3=O)nc2c1. The van der Waals surface area contributed by atoms with Crippen molar-refractivity contribution >= 4 is 44.4 Å². The van der Waals surface area contributed by atoms with Gasteiger partial charge in [-0.3, -0.25) is 24.2 Å². The van der Waals surface area contributed by atoms with Crippen LogP contribution in [0.4, 0.5) is 5.13 Å². The van der Waals surface area contributed by atoms with E-state index in [1.807, 2.05) is 34.0 Å². The molecule has 0 spiro atoms. The maximum absolute atomic E-state index is 13.0. The first-order valence-corrected chi connectivity index (χ1v) is 9.88. The lowest BCUT2D eigenvalue weighted by atomic mass is 10.1. The number of rotatable bonds is 6. The monoisotopic (exact) mass is 389 g/mol. The van der Waals surface area contributed by atoms with Gasteiger partial charge in [0.2, 0.25) is 17.7 Å². The van der Waals surface area contributed by atoms with Gasteiger partial charge in [-0.25, -0.2) is 4.98 Å². The van der Waals surface area contributed by atoms with Gasteiger partial charge < -0.3 is 4.90 Å². The molecule has 0 bridgehead atoms. The Morgan fingerprint density at radius 1 is 1.22 bits per heavy atom. The Labute approximate surface area is 162 Å². The number of anilines is 1. The molecule has 3 rings (SSSR count). The molecule has 2 aromatic rings. The molecular weight excluding hydrogens is 364 g/mol. The third-order valence-electron chi connectivity index (χ3n) is 4.62. The standard InChI is InChI=1S/C19H24N4O3S/c1-12-9-13(2)18-14(10-12)20-19(27-18)22(8-7-21(3)4)17(26)11-23-15(24)5-6-16(23)25/h9-10H,5-8,11H2,1-4H3/p+1. The van der Waals surface area contributed by atoms with Crippen LogP contribution < -0.4 is 9.80 Å². The number of fused-ring (bicyclic) bond motifs is 1. The van der Waals surface area contributed by atoms with Crippen LogP contribution in [-0.2, 0) is 14.4 Å². The van der Waals surface area contributed by atoms with Crippen LogP contribution in [0.25, 0.3) is 10.2 Å². The molecule has 1 aliphatic rings. The molecular formula is C19H25N4O3S+. The lowest BCUT2D eigenvalue weighted by Gasteiger charge is -2.23. The first-order valence-electron chi connectivity index (χ1n) is 9.06. The zero-order chi connectivity index (χ0) is 19.7. The first kappa shape index (κ1) is 19.4. The van der Waals surface area contributed by atoms with E-state index in [2.05, 4.69) is 11.1 Å². The van der Waals surface area contributed by atoms with Crippen molar-refractivity contribution < 1.29 is 19.3 Å². The highest BCUT2D eigenvalue weighted by molar-refractivity contribution is 7.22. The molecule has 8 heteroatoms. The van der Waals surface area contributed by atoms with Gasteiger partial charge in [0.15, 0.2) is 5.13 Å². The average molecular weight is 390 g/mol. The number of likely N-dealkylation sites (N-methyl/N-ethyl adjacent to an activating group) is 1. The number of aryl methyl sites for hydroxylation is 2. The number of benzene rings is 1. The number of hydrogen-bond acceptors (Lipinski definition) is 5. The second-order valence-electron chi connectivity index (χ2n) is 7.30. The van der Waals surface area contributed by atoms with Crippen LogP contribution in [0.15, 0.2) is 12.1 Å². The van der Waals surface area contributed by atoms with Gasteiger partial charge in [-0.15, -0.1) is 0 Å². The van der Waals surface area contributed by atoms with Gasteiger partial charge in [-0.05, 0) is 31.0 Å². The van der Waals surface area contributed by atoms with E-state index in [0.717, 1.165) is 32.8 Å². The third-order valence-corrected chi connectivity index (χ3v) is 5.85. The van der Waals surface area contributed by atoms with Crippen LogP contribution in [-0.4, -0.2) is 61.3 Å². The van der Waals surface area contributed by atoms with E-state index in [1.54, 1.807) is 4.90 Å². The van der Waals surface area contributed by atoms with Gasteiger partial charge in [-0.1, -0.05) is 17.4 Å². The number of nitrogens with one attached hydrogen (secondary N) is 1. The van der Waals surface area contributed by atoms with Crippen molar-refractivity contribution in [2.45, 2.75) is 26.7 Å². The Bertz CT molecular complexity index is 890. The van der Waals surface area contributed by atoms with E-state index < -0.39 is 0 Å². The van der Waals surface area contributed by atoms with Crippen LogP contribution in [0.5, 0.6) is 0 Å². The highest BCUT2D eigenvalue weighted by Crippen LogP contribution is 2.32. The molecule has 0 saturated carbocycles.